The minimum atomic E-state index is 0.0284. The molecule has 1 aromatic carbocycles. The smallest absolute Gasteiger partial charge is 0.189 e. The molecule has 0 saturated carbocycles. The first-order valence-corrected chi connectivity index (χ1v) is 6.31. The Kier molecular flexibility index (Phi) is 4.42. The number of thioether (sulfide) groups is 1. The van der Waals surface area contributed by atoms with Gasteiger partial charge in [0.2, 0.25) is 0 Å². The third-order valence-electron chi connectivity index (χ3n) is 1.73. The minimum Gasteiger partial charge on any atom is -0.289 e. The van der Waals surface area contributed by atoms with Gasteiger partial charge >= 0.3 is 0 Å². The lowest BCUT2D eigenvalue weighted by molar-refractivity contribution is 0.103. The molecule has 0 N–H and O–H groups in total. The molecule has 0 amide bonds. The summed E-state index contributed by atoms with van der Waals surface area (Å²) in [6.07, 6.45) is 1.96. The van der Waals surface area contributed by atoms with Crippen LogP contribution in [-0.2, 0) is 0 Å². The van der Waals surface area contributed by atoms with E-state index in [2.05, 4.69) is 22.5 Å². The van der Waals surface area contributed by atoms with Crippen LogP contribution in [0.5, 0.6) is 0 Å². The van der Waals surface area contributed by atoms with Gasteiger partial charge in [-0.25, -0.2) is 0 Å². The molecule has 1 nitrogen and oxygen atoms in total. The van der Waals surface area contributed by atoms with E-state index in [1.165, 1.54) is 0 Å². The SMILES string of the molecule is C=C(CSC)C(=O)c1cccc(Br)c1. The molecule has 0 radical (unpaired) electrons. The first kappa shape index (κ1) is 11.5. The summed E-state index contributed by atoms with van der Waals surface area (Å²) in [5, 5.41) is 0. The predicted octanol–water partition coefficient (Wildman–Crippen LogP) is 3.55. The zero-order valence-corrected chi connectivity index (χ0v) is 10.3. The molecule has 0 unspecified atom stereocenters. The Balaban J connectivity index is 2.84. The maximum absolute atomic E-state index is 11.8. The second-order valence-corrected chi connectivity index (χ2v) is 4.66. The molecule has 1 rings (SSSR count). The highest BCUT2D eigenvalue weighted by Crippen LogP contribution is 2.15. The van der Waals surface area contributed by atoms with Gasteiger partial charge in [-0.1, -0.05) is 34.6 Å². The van der Waals surface area contributed by atoms with E-state index in [0.717, 1.165) is 4.47 Å². The maximum Gasteiger partial charge on any atom is 0.189 e. The van der Waals surface area contributed by atoms with Crippen LogP contribution in [0.1, 0.15) is 10.4 Å². The number of Topliss-reactive ketones (excluding diaryl/α,β-unsaturated/α-hetero) is 1. The topological polar surface area (TPSA) is 17.1 Å². The van der Waals surface area contributed by atoms with E-state index < -0.39 is 0 Å². The standard InChI is InChI=1S/C11H11BrOS/c1-8(7-14-2)11(13)9-4-3-5-10(12)6-9/h3-6H,1,7H2,2H3. The number of rotatable bonds is 4. The Morgan fingerprint density at radius 3 is 2.86 bits per heavy atom. The fraction of sp³-hybridized carbons (Fsp3) is 0.182. The average Bonchev–Trinajstić information content (AvgIpc) is 2.17. The van der Waals surface area contributed by atoms with Crippen molar-refractivity contribution in [1.29, 1.82) is 0 Å². The summed E-state index contributed by atoms with van der Waals surface area (Å²) in [6, 6.07) is 7.37. The highest BCUT2D eigenvalue weighted by atomic mass is 79.9. The average molecular weight is 271 g/mol. The van der Waals surface area contributed by atoms with Crippen LogP contribution in [0, 0.1) is 0 Å². The van der Waals surface area contributed by atoms with Crippen molar-refractivity contribution in [2.75, 3.05) is 12.0 Å². The zero-order chi connectivity index (χ0) is 10.6. The van der Waals surface area contributed by atoms with E-state index in [9.17, 15) is 4.79 Å². The summed E-state index contributed by atoms with van der Waals surface area (Å²) >= 11 is 4.94. The molecule has 0 aromatic heterocycles. The van der Waals surface area contributed by atoms with Crippen molar-refractivity contribution < 1.29 is 4.79 Å². The fourth-order valence-electron chi connectivity index (χ4n) is 1.07. The molecule has 0 aliphatic carbocycles. The van der Waals surface area contributed by atoms with E-state index >= 15 is 0 Å². The molecule has 14 heavy (non-hydrogen) atoms. The van der Waals surface area contributed by atoms with Crippen LogP contribution >= 0.6 is 27.7 Å². The molecule has 0 aliphatic rings. The van der Waals surface area contributed by atoms with Crippen LogP contribution in [0.25, 0.3) is 0 Å². The van der Waals surface area contributed by atoms with Gasteiger partial charge < -0.3 is 0 Å². The van der Waals surface area contributed by atoms with Gasteiger partial charge in [-0.3, -0.25) is 4.79 Å². The molecule has 0 atom stereocenters. The van der Waals surface area contributed by atoms with Crippen molar-refractivity contribution in [3.63, 3.8) is 0 Å². The fourth-order valence-corrected chi connectivity index (χ4v) is 1.95. The Morgan fingerprint density at radius 1 is 1.57 bits per heavy atom. The van der Waals surface area contributed by atoms with E-state index in [-0.39, 0.29) is 5.78 Å². The van der Waals surface area contributed by atoms with Crippen molar-refractivity contribution in [3.05, 3.63) is 46.5 Å². The van der Waals surface area contributed by atoms with Crippen molar-refractivity contribution in [1.82, 2.24) is 0 Å². The van der Waals surface area contributed by atoms with Crippen LogP contribution in [0.3, 0.4) is 0 Å². The van der Waals surface area contributed by atoms with E-state index in [1.807, 2.05) is 24.5 Å². The molecule has 0 bridgehead atoms. The maximum atomic E-state index is 11.8. The Labute approximate surface area is 96.7 Å². The van der Waals surface area contributed by atoms with Crippen LogP contribution in [0.15, 0.2) is 40.9 Å². The Bertz CT molecular complexity index is 360. The van der Waals surface area contributed by atoms with Gasteiger partial charge in [-0.2, -0.15) is 11.8 Å². The van der Waals surface area contributed by atoms with Crippen LogP contribution < -0.4 is 0 Å². The summed E-state index contributed by atoms with van der Waals surface area (Å²) in [7, 11) is 0. The Hall–Kier alpha value is -0.540. The highest BCUT2D eigenvalue weighted by molar-refractivity contribution is 9.10. The van der Waals surface area contributed by atoms with Gasteiger partial charge in [-0.05, 0) is 18.4 Å². The molecule has 0 fully saturated rings. The highest BCUT2D eigenvalue weighted by Gasteiger charge is 2.09. The summed E-state index contributed by atoms with van der Waals surface area (Å²) in [6.45, 7) is 3.76. The number of hydrogen-bond donors (Lipinski definition) is 0. The molecule has 1 aromatic rings. The molecule has 0 heterocycles. The lowest BCUT2D eigenvalue weighted by Crippen LogP contribution is -2.04. The summed E-state index contributed by atoms with van der Waals surface area (Å²) < 4.78 is 0.917. The first-order valence-electron chi connectivity index (χ1n) is 4.12. The van der Waals surface area contributed by atoms with Gasteiger partial charge in [0.1, 0.15) is 0 Å². The molecule has 3 heteroatoms. The number of carbonyl (C=O) groups is 1. The number of carbonyl (C=O) groups excluding carboxylic acids is 1. The lowest BCUT2D eigenvalue weighted by atomic mass is 10.1. The lowest BCUT2D eigenvalue weighted by Gasteiger charge is -2.03. The zero-order valence-electron chi connectivity index (χ0n) is 7.92. The third kappa shape index (κ3) is 3.00. The minimum absolute atomic E-state index is 0.0284. The number of hydrogen-bond acceptors (Lipinski definition) is 2. The second kappa shape index (κ2) is 5.37. The van der Waals surface area contributed by atoms with Gasteiger partial charge in [0, 0.05) is 21.4 Å². The molecule has 0 saturated heterocycles. The van der Waals surface area contributed by atoms with Crippen LogP contribution in [-0.4, -0.2) is 17.8 Å². The number of benzene rings is 1. The molecular weight excluding hydrogens is 260 g/mol. The first-order chi connectivity index (χ1) is 6.65. The predicted molar refractivity (Wildman–Crippen MR) is 66.0 cm³/mol. The van der Waals surface area contributed by atoms with Gasteiger partial charge in [0.05, 0.1) is 0 Å². The quantitative estimate of drug-likeness (QED) is 0.615. The van der Waals surface area contributed by atoms with Crippen molar-refractivity contribution in [2.45, 2.75) is 0 Å². The summed E-state index contributed by atoms with van der Waals surface area (Å²) in [5.41, 5.74) is 1.34. The monoisotopic (exact) mass is 270 g/mol. The van der Waals surface area contributed by atoms with Crippen molar-refractivity contribution in [2.24, 2.45) is 0 Å². The molecular formula is C11H11BrOS. The van der Waals surface area contributed by atoms with E-state index in [0.29, 0.717) is 16.9 Å². The van der Waals surface area contributed by atoms with E-state index in [4.69, 9.17) is 0 Å². The van der Waals surface area contributed by atoms with Gasteiger partial charge in [-0.15, -0.1) is 0 Å². The second-order valence-electron chi connectivity index (χ2n) is 2.88. The van der Waals surface area contributed by atoms with Gasteiger partial charge in [0.25, 0.3) is 0 Å². The third-order valence-corrected chi connectivity index (χ3v) is 2.86. The summed E-state index contributed by atoms with van der Waals surface area (Å²) in [5.74, 6) is 0.714. The Morgan fingerprint density at radius 2 is 2.29 bits per heavy atom. The van der Waals surface area contributed by atoms with Crippen molar-refractivity contribution in [3.8, 4) is 0 Å². The van der Waals surface area contributed by atoms with Crippen molar-refractivity contribution >= 4 is 33.5 Å². The van der Waals surface area contributed by atoms with Gasteiger partial charge in [0.15, 0.2) is 5.78 Å². The normalized spacial score (nSPS) is 9.86. The van der Waals surface area contributed by atoms with E-state index in [1.54, 1.807) is 17.8 Å². The largest absolute Gasteiger partial charge is 0.289 e. The molecule has 0 spiro atoms. The summed E-state index contributed by atoms with van der Waals surface area (Å²) in [4.78, 5) is 11.8. The molecule has 0 aliphatic heterocycles. The van der Waals surface area contributed by atoms with Crippen LogP contribution in [0.4, 0.5) is 0 Å². The molecule has 74 valence electrons. The van der Waals surface area contributed by atoms with Crippen LogP contribution in [0.2, 0.25) is 0 Å². The number of halogens is 1. The number of ketones is 1.